The molecule has 0 spiro atoms. The molecular formula is C34H44N4O5. The van der Waals surface area contributed by atoms with Crippen LogP contribution in [0.1, 0.15) is 66.3 Å². The Bertz CT molecular complexity index is 1510. The first-order valence-corrected chi connectivity index (χ1v) is 15.7. The van der Waals surface area contributed by atoms with E-state index in [1.54, 1.807) is 12.1 Å². The quantitative estimate of drug-likeness (QED) is 0.308. The summed E-state index contributed by atoms with van der Waals surface area (Å²) in [6.07, 6.45) is 5.43. The maximum atomic E-state index is 11.8. The summed E-state index contributed by atoms with van der Waals surface area (Å²) in [5, 5.41) is 36.4. The summed E-state index contributed by atoms with van der Waals surface area (Å²) >= 11 is 0. The number of nitrogens with one attached hydrogen (secondary N) is 1. The highest BCUT2D eigenvalue weighted by molar-refractivity contribution is 5.78. The van der Waals surface area contributed by atoms with Crippen molar-refractivity contribution in [3.8, 4) is 5.75 Å². The van der Waals surface area contributed by atoms with Crippen molar-refractivity contribution in [2.45, 2.75) is 92.4 Å². The smallest absolute Gasteiger partial charge is 0.220 e. The second kappa shape index (κ2) is 9.51. The van der Waals surface area contributed by atoms with Crippen LogP contribution in [-0.2, 0) is 33.3 Å². The van der Waals surface area contributed by atoms with Gasteiger partial charge < -0.3 is 37.0 Å². The number of hydrogen-bond donors (Lipinski definition) is 6. The maximum absolute atomic E-state index is 11.8. The lowest BCUT2D eigenvalue weighted by Gasteiger charge is -2.58. The average Bonchev–Trinajstić information content (AvgIpc) is 3.47. The van der Waals surface area contributed by atoms with Crippen molar-refractivity contribution in [3.63, 3.8) is 0 Å². The molecule has 2 unspecified atom stereocenters. The third-order valence-corrected chi connectivity index (χ3v) is 12.5. The molecule has 0 aromatic heterocycles. The van der Waals surface area contributed by atoms with Crippen molar-refractivity contribution in [1.82, 2.24) is 10.2 Å². The topological polar surface area (TPSA) is 162 Å². The lowest BCUT2D eigenvalue weighted by Crippen LogP contribution is -2.68. The van der Waals surface area contributed by atoms with Gasteiger partial charge in [0, 0.05) is 34.7 Å². The molecule has 230 valence electrons. The fourth-order valence-corrected chi connectivity index (χ4v) is 10.4. The van der Waals surface area contributed by atoms with Crippen LogP contribution in [0.4, 0.5) is 0 Å². The highest BCUT2D eigenvalue weighted by Crippen LogP contribution is 2.62. The van der Waals surface area contributed by atoms with Crippen LogP contribution in [0.15, 0.2) is 36.4 Å². The summed E-state index contributed by atoms with van der Waals surface area (Å²) in [5.74, 6) is -0.897. The Morgan fingerprint density at radius 1 is 0.860 bits per heavy atom. The van der Waals surface area contributed by atoms with E-state index in [2.05, 4.69) is 35.3 Å². The van der Waals surface area contributed by atoms with E-state index in [9.17, 15) is 24.9 Å². The number of phenolic OH excluding ortho intramolecular Hbond substituents is 1. The predicted molar refractivity (Wildman–Crippen MR) is 161 cm³/mol. The van der Waals surface area contributed by atoms with E-state index < -0.39 is 16.6 Å². The van der Waals surface area contributed by atoms with Crippen LogP contribution < -0.4 is 16.8 Å². The Hall–Kier alpha value is -2.98. The molecule has 2 saturated carbocycles. The molecular weight excluding hydrogens is 544 g/mol. The van der Waals surface area contributed by atoms with Gasteiger partial charge in [-0.05, 0) is 113 Å². The predicted octanol–water partition coefficient (Wildman–Crippen LogP) is 1.29. The highest BCUT2D eigenvalue weighted by atomic mass is 16.3. The van der Waals surface area contributed by atoms with E-state index in [1.807, 2.05) is 13.1 Å². The number of fused-ring (bicyclic) bond motifs is 2. The lowest BCUT2D eigenvalue weighted by molar-refractivity contribution is -0.128. The van der Waals surface area contributed by atoms with Crippen LogP contribution in [-0.4, -0.2) is 75.5 Å². The molecule has 8 rings (SSSR count). The summed E-state index contributed by atoms with van der Waals surface area (Å²) in [5.41, 5.74) is 14.5. The molecule has 4 bridgehead atoms. The number of piperidine rings is 2. The second-order valence-corrected chi connectivity index (χ2v) is 14.4. The van der Waals surface area contributed by atoms with Crippen LogP contribution >= 0.6 is 0 Å². The number of hydrogen-bond acceptors (Lipinski definition) is 7. The zero-order valence-electron chi connectivity index (χ0n) is 25.1. The van der Waals surface area contributed by atoms with E-state index in [0.29, 0.717) is 25.7 Å². The number of likely N-dealkylation sites (N-methyl/N-ethyl adjacent to an activating group) is 1. The molecule has 4 aliphatic carbocycles. The van der Waals surface area contributed by atoms with E-state index in [-0.39, 0.29) is 46.9 Å². The molecule has 43 heavy (non-hydrogen) atoms. The van der Waals surface area contributed by atoms with Crippen LogP contribution in [0, 0.1) is 18.8 Å². The number of carbonyl (C=O) groups excluding carboxylic acids is 2. The van der Waals surface area contributed by atoms with Crippen LogP contribution in [0.5, 0.6) is 5.75 Å². The molecule has 9 nitrogen and oxygen atoms in total. The number of rotatable bonds is 2. The molecule has 2 aromatic carbocycles. The van der Waals surface area contributed by atoms with E-state index in [4.69, 9.17) is 11.5 Å². The van der Waals surface area contributed by atoms with Gasteiger partial charge in [-0.25, -0.2) is 0 Å². The molecule has 4 fully saturated rings. The Labute approximate surface area is 252 Å². The first-order valence-electron chi connectivity index (χ1n) is 15.7. The number of amides is 2. The van der Waals surface area contributed by atoms with Crippen LogP contribution in [0.25, 0.3) is 0 Å². The summed E-state index contributed by atoms with van der Waals surface area (Å²) in [7, 11) is 2.04. The van der Waals surface area contributed by atoms with Gasteiger partial charge in [0.1, 0.15) is 5.75 Å². The normalized spacial score (nSPS) is 40.3. The number of nitrogens with zero attached hydrogens (tertiary/aromatic N) is 1. The average molecular weight is 589 g/mol. The van der Waals surface area contributed by atoms with Gasteiger partial charge in [-0.2, -0.15) is 0 Å². The number of aromatic hydroxyl groups is 1. The molecule has 9 heteroatoms. The van der Waals surface area contributed by atoms with Crippen molar-refractivity contribution in [1.29, 1.82) is 0 Å². The molecule has 2 aromatic rings. The molecule has 8 atom stereocenters. The summed E-state index contributed by atoms with van der Waals surface area (Å²) in [4.78, 5) is 25.7. The molecule has 2 aliphatic heterocycles. The summed E-state index contributed by atoms with van der Waals surface area (Å²) in [6, 6.07) is 12.0. The van der Waals surface area contributed by atoms with Gasteiger partial charge in [-0.15, -0.1) is 0 Å². The molecule has 2 saturated heterocycles. The Morgan fingerprint density at radius 2 is 1.47 bits per heavy atom. The third kappa shape index (κ3) is 3.84. The van der Waals surface area contributed by atoms with Crippen molar-refractivity contribution in [3.05, 3.63) is 64.2 Å². The first kappa shape index (κ1) is 28.8. The number of nitrogens with two attached hydrogens (primary N) is 2. The number of benzene rings is 2. The lowest BCUT2D eigenvalue weighted by atomic mass is 9.56. The van der Waals surface area contributed by atoms with Gasteiger partial charge in [0.05, 0.1) is 11.2 Å². The van der Waals surface area contributed by atoms with Crippen LogP contribution in [0.3, 0.4) is 0 Å². The van der Waals surface area contributed by atoms with Gasteiger partial charge in [-0.1, -0.05) is 29.8 Å². The number of aliphatic hydroxyl groups is 2. The minimum absolute atomic E-state index is 0.00245. The standard InChI is InChI=1S/C17H22N2O3.C17H22N2O2/c1-19-5-4-16-8-11(15(18)21)9-17(16,22)14(19)6-10-2-3-12(20)7-13(10)16;1-10-2-3-11-7-14-17(21)9-12(15(18)20)8-16(17,4-5-19-14)13(11)6-10/h2-3,7,11,14,20,22H,4-6,8-9H2,1H3,(H2,18,21);2-3,6,12,14,19,21H,4-5,7-9H2,1H3,(H2,18,20)/t11?,14-,16-,17-;12?,14-,16-,17-/m11/s1. The molecule has 6 aliphatic rings. The second-order valence-electron chi connectivity index (χ2n) is 14.4. The fourth-order valence-electron chi connectivity index (χ4n) is 10.4. The summed E-state index contributed by atoms with van der Waals surface area (Å²) in [6.45, 7) is 3.86. The third-order valence-electron chi connectivity index (χ3n) is 12.5. The van der Waals surface area contributed by atoms with Crippen molar-refractivity contribution < 1.29 is 24.9 Å². The van der Waals surface area contributed by atoms with E-state index in [0.717, 1.165) is 44.3 Å². The van der Waals surface area contributed by atoms with Gasteiger partial charge in [0.15, 0.2) is 0 Å². The molecule has 0 radical (unpaired) electrons. The maximum Gasteiger partial charge on any atom is 0.220 e. The molecule has 2 amide bonds. The Kier molecular flexibility index (Phi) is 6.36. The summed E-state index contributed by atoms with van der Waals surface area (Å²) < 4.78 is 0. The largest absolute Gasteiger partial charge is 0.508 e. The molecule has 2 heterocycles. The highest BCUT2D eigenvalue weighted by Gasteiger charge is 2.68. The van der Waals surface area contributed by atoms with Crippen LogP contribution in [0.2, 0.25) is 0 Å². The molecule has 8 N–H and O–H groups in total. The number of carbonyl (C=O) groups is 2. The van der Waals surface area contributed by atoms with Crippen molar-refractivity contribution in [2.24, 2.45) is 23.3 Å². The minimum Gasteiger partial charge on any atom is -0.508 e. The Morgan fingerprint density at radius 3 is 2.16 bits per heavy atom. The van der Waals surface area contributed by atoms with E-state index in [1.165, 1.54) is 22.3 Å². The van der Waals surface area contributed by atoms with Gasteiger partial charge in [0.25, 0.3) is 0 Å². The Balaban J connectivity index is 0.000000140. The van der Waals surface area contributed by atoms with Gasteiger partial charge in [-0.3, -0.25) is 9.59 Å². The monoisotopic (exact) mass is 588 g/mol. The van der Waals surface area contributed by atoms with Gasteiger partial charge in [0.2, 0.25) is 11.8 Å². The minimum atomic E-state index is -0.944. The van der Waals surface area contributed by atoms with E-state index >= 15 is 0 Å². The zero-order chi connectivity index (χ0) is 30.5. The first-order chi connectivity index (χ1) is 20.3. The SMILES string of the molecule is CN1CC[C@]23CC(C(N)=O)C[C@@]2(O)[C@H]1Cc1ccc(O)cc13.Cc1ccc2c(c1)[C@]13CCN[C@H](C2)[C@]1(O)CC(C(N)=O)C3. The number of aryl methyl sites for hydroxylation is 1. The van der Waals surface area contributed by atoms with Crippen molar-refractivity contribution in [2.75, 3.05) is 20.1 Å². The van der Waals surface area contributed by atoms with Gasteiger partial charge >= 0.3 is 0 Å². The fraction of sp³-hybridized carbons (Fsp3) is 0.588. The zero-order valence-corrected chi connectivity index (χ0v) is 25.1. The van der Waals surface area contributed by atoms with Crippen molar-refractivity contribution >= 4 is 11.8 Å². The number of primary amides is 2. The number of likely N-dealkylation sites (tertiary alicyclic amines) is 1. The number of phenols is 1.